The van der Waals surface area contributed by atoms with E-state index in [-0.39, 0.29) is 5.54 Å². The van der Waals surface area contributed by atoms with Gasteiger partial charge in [0.2, 0.25) is 0 Å². The normalized spacial score (nSPS) is 11.9. The molecule has 1 N–H and O–H groups in total. The first-order valence-electron chi connectivity index (χ1n) is 6.99. The van der Waals surface area contributed by atoms with Crippen molar-refractivity contribution in [3.05, 3.63) is 33.0 Å². The van der Waals surface area contributed by atoms with Gasteiger partial charge in [0.25, 0.3) is 0 Å². The Morgan fingerprint density at radius 1 is 1.38 bits per heavy atom. The number of fused-ring (bicyclic) bond motifs is 1. The molecule has 0 atom stereocenters. The summed E-state index contributed by atoms with van der Waals surface area (Å²) >= 11 is 8.50. The van der Waals surface area contributed by atoms with E-state index in [2.05, 4.69) is 53.7 Å². The van der Waals surface area contributed by atoms with E-state index in [1.165, 1.54) is 0 Å². The van der Waals surface area contributed by atoms with Crippen LogP contribution in [0.25, 0.3) is 10.9 Å². The van der Waals surface area contributed by atoms with Crippen LogP contribution >= 0.6 is 34.2 Å². The Balaban J connectivity index is 2.05. The van der Waals surface area contributed by atoms with E-state index in [1.807, 2.05) is 18.2 Å². The molecule has 0 saturated carbocycles. The van der Waals surface area contributed by atoms with Crippen LogP contribution in [0.4, 0.5) is 0 Å². The van der Waals surface area contributed by atoms with Gasteiger partial charge in [0, 0.05) is 17.1 Å². The Morgan fingerprint density at radius 3 is 2.86 bits per heavy atom. The summed E-state index contributed by atoms with van der Waals surface area (Å²) in [6.45, 7) is 8.07. The molecule has 5 heteroatoms. The van der Waals surface area contributed by atoms with Gasteiger partial charge in [0.15, 0.2) is 5.75 Å². The van der Waals surface area contributed by atoms with Gasteiger partial charge in [-0.2, -0.15) is 0 Å². The van der Waals surface area contributed by atoms with Crippen LogP contribution in [0.1, 0.15) is 27.2 Å². The molecule has 0 fully saturated rings. The quantitative estimate of drug-likeness (QED) is 0.567. The third-order valence-electron chi connectivity index (χ3n) is 2.97. The Kier molecular flexibility index (Phi) is 5.68. The van der Waals surface area contributed by atoms with Crippen LogP contribution in [0, 0.1) is 3.57 Å². The molecule has 0 aliphatic carbocycles. The minimum Gasteiger partial charge on any atom is -0.490 e. The van der Waals surface area contributed by atoms with Gasteiger partial charge in [0.1, 0.15) is 5.52 Å². The number of hydrogen-bond acceptors (Lipinski definition) is 3. The summed E-state index contributed by atoms with van der Waals surface area (Å²) in [5.41, 5.74) is 0.973. The van der Waals surface area contributed by atoms with Crippen LogP contribution in [0.2, 0.25) is 5.02 Å². The minimum absolute atomic E-state index is 0.142. The van der Waals surface area contributed by atoms with Crippen LogP contribution in [0.3, 0.4) is 0 Å². The third kappa shape index (κ3) is 4.69. The Bertz CT molecular complexity index is 625. The highest BCUT2D eigenvalue weighted by Crippen LogP contribution is 2.34. The largest absolute Gasteiger partial charge is 0.490 e. The Labute approximate surface area is 144 Å². The van der Waals surface area contributed by atoms with Crippen molar-refractivity contribution in [2.24, 2.45) is 0 Å². The van der Waals surface area contributed by atoms with E-state index < -0.39 is 0 Å². The van der Waals surface area contributed by atoms with Crippen LogP contribution in [-0.2, 0) is 0 Å². The van der Waals surface area contributed by atoms with Crippen molar-refractivity contribution < 1.29 is 4.74 Å². The molecule has 1 aromatic heterocycles. The molecule has 0 aliphatic heterocycles. The number of pyridine rings is 1. The lowest BCUT2D eigenvalue weighted by atomic mass is 10.1. The summed E-state index contributed by atoms with van der Waals surface area (Å²) in [7, 11) is 0. The molecule has 1 aromatic carbocycles. The van der Waals surface area contributed by atoms with Crippen molar-refractivity contribution in [2.75, 3.05) is 13.2 Å². The number of nitrogens with one attached hydrogen (secondary N) is 1. The zero-order chi connectivity index (χ0) is 15.5. The van der Waals surface area contributed by atoms with Crippen molar-refractivity contribution in [3.63, 3.8) is 0 Å². The molecule has 0 aliphatic rings. The zero-order valence-corrected chi connectivity index (χ0v) is 15.5. The highest BCUT2D eigenvalue weighted by Gasteiger charge is 2.12. The predicted molar refractivity (Wildman–Crippen MR) is 97.3 cm³/mol. The van der Waals surface area contributed by atoms with E-state index >= 15 is 0 Å². The first-order chi connectivity index (χ1) is 9.88. The maximum Gasteiger partial charge on any atom is 0.158 e. The van der Waals surface area contributed by atoms with Gasteiger partial charge >= 0.3 is 0 Å². The van der Waals surface area contributed by atoms with Gasteiger partial charge in [0.05, 0.1) is 15.2 Å². The third-order valence-corrected chi connectivity index (χ3v) is 4.09. The highest BCUT2D eigenvalue weighted by molar-refractivity contribution is 14.1. The van der Waals surface area contributed by atoms with E-state index in [4.69, 9.17) is 16.3 Å². The first-order valence-corrected chi connectivity index (χ1v) is 8.45. The topological polar surface area (TPSA) is 34.1 Å². The molecule has 2 aromatic rings. The van der Waals surface area contributed by atoms with Crippen molar-refractivity contribution in [1.82, 2.24) is 10.3 Å². The average Bonchev–Trinajstić information content (AvgIpc) is 2.40. The lowest BCUT2D eigenvalue weighted by Gasteiger charge is -2.20. The van der Waals surface area contributed by atoms with Gasteiger partial charge in [-0.1, -0.05) is 11.6 Å². The van der Waals surface area contributed by atoms with Crippen LogP contribution in [0.5, 0.6) is 5.75 Å². The second kappa shape index (κ2) is 7.11. The van der Waals surface area contributed by atoms with Gasteiger partial charge in [-0.3, -0.25) is 4.98 Å². The standard InChI is InChI=1S/C16H20ClIN2O/c1-16(2,3)20-8-5-9-21-15-13(18)10-12(17)11-6-4-7-19-14(11)15/h4,6-7,10,20H,5,8-9H2,1-3H3. The SMILES string of the molecule is CC(C)(C)NCCCOc1c(I)cc(Cl)c2cccnc12. The number of rotatable bonds is 5. The lowest BCUT2D eigenvalue weighted by Crippen LogP contribution is -2.36. The summed E-state index contributed by atoms with van der Waals surface area (Å²) in [4.78, 5) is 4.41. The van der Waals surface area contributed by atoms with Gasteiger partial charge in [-0.25, -0.2) is 0 Å². The Hall–Kier alpha value is -0.590. The first kappa shape index (κ1) is 16.8. The fraction of sp³-hybridized carbons (Fsp3) is 0.438. The van der Waals surface area contributed by atoms with E-state index in [0.717, 1.165) is 33.2 Å². The molecule has 21 heavy (non-hydrogen) atoms. The van der Waals surface area contributed by atoms with Crippen LogP contribution < -0.4 is 10.1 Å². The monoisotopic (exact) mass is 418 g/mol. The average molecular weight is 419 g/mol. The number of benzene rings is 1. The maximum absolute atomic E-state index is 6.26. The summed E-state index contributed by atoms with van der Waals surface area (Å²) in [5, 5.41) is 5.10. The number of halogens is 2. The molecule has 2 rings (SSSR count). The molecule has 0 saturated heterocycles. The molecule has 0 amide bonds. The molecule has 0 spiro atoms. The molecule has 1 heterocycles. The molecule has 3 nitrogen and oxygen atoms in total. The van der Waals surface area contributed by atoms with Crippen molar-refractivity contribution in [3.8, 4) is 5.75 Å². The lowest BCUT2D eigenvalue weighted by molar-refractivity contribution is 0.299. The number of hydrogen-bond donors (Lipinski definition) is 1. The van der Waals surface area contributed by atoms with Gasteiger partial charge < -0.3 is 10.1 Å². The van der Waals surface area contributed by atoms with E-state index in [1.54, 1.807) is 6.20 Å². The Morgan fingerprint density at radius 2 is 2.14 bits per heavy atom. The van der Waals surface area contributed by atoms with Crippen molar-refractivity contribution in [2.45, 2.75) is 32.7 Å². The summed E-state index contributed by atoms with van der Waals surface area (Å²) in [6, 6.07) is 5.78. The minimum atomic E-state index is 0.142. The zero-order valence-electron chi connectivity index (χ0n) is 12.5. The molecule has 0 radical (unpaired) electrons. The molecule has 0 unspecified atom stereocenters. The number of nitrogens with zero attached hydrogens (tertiary/aromatic N) is 1. The van der Waals surface area contributed by atoms with E-state index in [0.29, 0.717) is 11.6 Å². The second-order valence-electron chi connectivity index (χ2n) is 5.95. The van der Waals surface area contributed by atoms with Gasteiger partial charge in [-0.05, 0) is 74.5 Å². The van der Waals surface area contributed by atoms with Crippen LogP contribution in [-0.4, -0.2) is 23.7 Å². The summed E-state index contributed by atoms with van der Waals surface area (Å²) in [6.07, 6.45) is 2.72. The fourth-order valence-electron chi connectivity index (χ4n) is 1.99. The van der Waals surface area contributed by atoms with Crippen LogP contribution in [0.15, 0.2) is 24.4 Å². The van der Waals surface area contributed by atoms with E-state index in [9.17, 15) is 0 Å². The summed E-state index contributed by atoms with van der Waals surface area (Å²) in [5.74, 6) is 0.825. The van der Waals surface area contributed by atoms with Crippen molar-refractivity contribution in [1.29, 1.82) is 0 Å². The number of aromatic nitrogens is 1. The second-order valence-corrected chi connectivity index (χ2v) is 7.52. The van der Waals surface area contributed by atoms with Gasteiger partial charge in [-0.15, -0.1) is 0 Å². The molecule has 0 bridgehead atoms. The predicted octanol–water partition coefficient (Wildman–Crippen LogP) is 4.65. The summed E-state index contributed by atoms with van der Waals surface area (Å²) < 4.78 is 6.94. The smallest absolute Gasteiger partial charge is 0.158 e. The highest BCUT2D eigenvalue weighted by atomic mass is 127. The molecule has 114 valence electrons. The van der Waals surface area contributed by atoms with Crippen molar-refractivity contribution >= 4 is 45.1 Å². The molecular weight excluding hydrogens is 399 g/mol. The maximum atomic E-state index is 6.26. The number of ether oxygens (including phenoxy) is 1. The fourth-order valence-corrected chi connectivity index (χ4v) is 3.16. The molecular formula is C16H20ClIN2O.